The van der Waals surface area contributed by atoms with Crippen LogP contribution in [0.2, 0.25) is 19.6 Å². The SMILES string of the molecule is CC(C)(C)C(=CF)O[Si](C)(C)C. The molecule has 0 aromatic heterocycles. The summed E-state index contributed by atoms with van der Waals surface area (Å²) in [6.07, 6.45) is 0.582. The number of allylic oxidation sites excluding steroid dienone is 1. The van der Waals surface area contributed by atoms with Gasteiger partial charge in [-0.25, -0.2) is 4.39 Å². The molecule has 0 radical (unpaired) electrons. The minimum Gasteiger partial charge on any atom is -0.545 e. The van der Waals surface area contributed by atoms with Crippen molar-refractivity contribution in [1.29, 1.82) is 0 Å². The molecule has 0 aromatic carbocycles. The second-order valence-corrected chi connectivity index (χ2v) is 9.37. The van der Waals surface area contributed by atoms with Gasteiger partial charge in [0, 0.05) is 5.41 Å². The Labute approximate surface area is 75.8 Å². The maximum Gasteiger partial charge on any atom is 0.241 e. The van der Waals surface area contributed by atoms with E-state index >= 15 is 0 Å². The van der Waals surface area contributed by atoms with Gasteiger partial charge in [-0.3, -0.25) is 0 Å². The lowest BCUT2D eigenvalue weighted by atomic mass is 9.95. The van der Waals surface area contributed by atoms with Crippen molar-refractivity contribution in [2.75, 3.05) is 0 Å². The van der Waals surface area contributed by atoms with Gasteiger partial charge in [0.15, 0.2) is 0 Å². The number of hydrogen-bond acceptors (Lipinski definition) is 1. The van der Waals surface area contributed by atoms with Gasteiger partial charge in [-0.05, 0) is 19.6 Å². The highest BCUT2D eigenvalue weighted by molar-refractivity contribution is 6.70. The van der Waals surface area contributed by atoms with E-state index in [4.69, 9.17) is 4.43 Å². The molecular weight excluding hydrogens is 171 g/mol. The standard InChI is InChI=1S/C9H19FOSi/c1-9(2,3)8(7-10)11-12(4,5)6/h7H,1-6H3. The third-order valence-electron chi connectivity index (χ3n) is 1.25. The first-order valence-corrected chi connectivity index (χ1v) is 7.57. The van der Waals surface area contributed by atoms with Crippen molar-refractivity contribution in [2.45, 2.75) is 40.4 Å². The molecule has 0 aliphatic rings. The number of rotatable bonds is 2. The molecule has 0 atom stereocenters. The van der Waals surface area contributed by atoms with Crippen LogP contribution in [0.3, 0.4) is 0 Å². The van der Waals surface area contributed by atoms with Crippen LogP contribution in [0.4, 0.5) is 4.39 Å². The van der Waals surface area contributed by atoms with Crippen molar-refractivity contribution in [3.8, 4) is 0 Å². The van der Waals surface area contributed by atoms with Crippen LogP contribution in [0.1, 0.15) is 20.8 Å². The van der Waals surface area contributed by atoms with Crippen LogP contribution in [0.5, 0.6) is 0 Å². The molecule has 0 heterocycles. The van der Waals surface area contributed by atoms with E-state index in [-0.39, 0.29) is 5.41 Å². The van der Waals surface area contributed by atoms with E-state index in [2.05, 4.69) is 0 Å². The fourth-order valence-electron chi connectivity index (χ4n) is 0.669. The van der Waals surface area contributed by atoms with Crippen molar-refractivity contribution >= 4 is 8.32 Å². The van der Waals surface area contributed by atoms with Gasteiger partial charge < -0.3 is 4.43 Å². The zero-order chi connectivity index (χ0) is 9.99. The first kappa shape index (κ1) is 11.7. The second kappa shape index (κ2) is 3.60. The summed E-state index contributed by atoms with van der Waals surface area (Å²) >= 11 is 0. The van der Waals surface area contributed by atoms with E-state index in [1.54, 1.807) is 0 Å². The summed E-state index contributed by atoms with van der Waals surface area (Å²) in [6, 6.07) is 0. The van der Waals surface area contributed by atoms with Gasteiger partial charge in [0.25, 0.3) is 0 Å². The Hall–Kier alpha value is -0.313. The minimum absolute atomic E-state index is 0.227. The van der Waals surface area contributed by atoms with Gasteiger partial charge in [0.2, 0.25) is 8.32 Å². The summed E-state index contributed by atoms with van der Waals surface area (Å²) in [5.41, 5.74) is -0.227. The average Bonchev–Trinajstić information content (AvgIpc) is 1.78. The Balaban J connectivity index is 4.43. The first-order chi connectivity index (χ1) is 5.17. The van der Waals surface area contributed by atoms with E-state index in [0.29, 0.717) is 12.1 Å². The Morgan fingerprint density at radius 2 is 1.67 bits per heavy atom. The monoisotopic (exact) mass is 190 g/mol. The highest BCUT2D eigenvalue weighted by Gasteiger charge is 2.25. The molecular formula is C9H19FOSi. The van der Waals surface area contributed by atoms with E-state index in [1.807, 2.05) is 40.4 Å². The van der Waals surface area contributed by atoms with Gasteiger partial charge in [0.1, 0.15) is 12.1 Å². The van der Waals surface area contributed by atoms with Gasteiger partial charge in [-0.1, -0.05) is 20.8 Å². The quantitative estimate of drug-likeness (QED) is 0.476. The third-order valence-corrected chi connectivity index (χ3v) is 2.09. The highest BCUT2D eigenvalue weighted by Crippen LogP contribution is 2.28. The summed E-state index contributed by atoms with van der Waals surface area (Å²) in [4.78, 5) is 0. The zero-order valence-corrected chi connectivity index (χ0v) is 9.86. The van der Waals surface area contributed by atoms with E-state index in [0.717, 1.165) is 0 Å². The third kappa shape index (κ3) is 4.54. The van der Waals surface area contributed by atoms with Crippen LogP contribution in [-0.2, 0) is 4.43 Å². The summed E-state index contributed by atoms with van der Waals surface area (Å²) in [7, 11) is -1.66. The maximum absolute atomic E-state index is 12.4. The van der Waals surface area contributed by atoms with Gasteiger partial charge in [-0.2, -0.15) is 0 Å². The molecule has 0 aliphatic heterocycles. The maximum atomic E-state index is 12.4. The van der Waals surface area contributed by atoms with Crippen LogP contribution in [0, 0.1) is 5.41 Å². The fraction of sp³-hybridized carbons (Fsp3) is 0.778. The molecule has 0 fully saturated rings. The predicted molar refractivity (Wildman–Crippen MR) is 53.1 cm³/mol. The molecule has 0 aliphatic carbocycles. The molecule has 1 nitrogen and oxygen atoms in total. The molecule has 0 bridgehead atoms. The summed E-state index contributed by atoms with van der Waals surface area (Å²) < 4.78 is 18.0. The van der Waals surface area contributed by atoms with E-state index < -0.39 is 8.32 Å². The average molecular weight is 190 g/mol. The molecule has 0 saturated carbocycles. The summed E-state index contributed by atoms with van der Waals surface area (Å²) in [5.74, 6) is 0.460. The Kier molecular flexibility index (Phi) is 3.51. The summed E-state index contributed by atoms with van der Waals surface area (Å²) in [5, 5.41) is 0. The van der Waals surface area contributed by atoms with Gasteiger partial charge in [0.05, 0.1) is 0 Å². The molecule has 0 saturated heterocycles. The van der Waals surface area contributed by atoms with Crippen molar-refractivity contribution in [2.24, 2.45) is 5.41 Å². The van der Waals surface area contributed by atoms with Crippen molar-refractivity contribution in [3.05, 3.63) is 12.1 Å². The Morgan fingerprint density at radius 1 is 1.25 bits per heavy atom. The predicted octanol–water partition coefficient (Wildman–Crippen LogP) is 3.69. The normalized spacial score (nSPS) is 14.8. The smallest absolute Gasteiger partial charge is 0.241 e. The number of hydrogen-bond donors (Lipinski definition) is 0. The molecule has 12 heavy (non-hydrogen) atoms. The summed E-state index contributed by atoms with van der Waals surface area (Å²) in [6.45, 7) is 12.0. The zero-order valence-electron chi connectivity index (χ0n) is 8.86. The van der Waals surface area contributed by atoms with Crippen molar-refractivity contribution < 1.29 is 8.82 Å². The molecule has 3 heteroatoms. The van der Waals surface area contributed by atoms with Crippen molar-refractivity contribution in [1.82, 2.24) is 0 Å². The largest absolute Gasteiger partial charge is 0.545 e. The first-order valence-electron chi connectivity index (χ1n) is 4.17. The lowest BCUT2D eigenvalue weighted by Crippen LogP contribution is -2.28. The molecule has 0 rings (SSSR count). The highest BCUT2D eigenvalue weighted by atomic mass is 28.4. The lowest BCUT2D eigenvalue weighted by Gasteiger charge is -2.29. The molecule has 0 aromatic rings. The van der Waals surface area contributed by atoms with Crippen LogP contribution in [0.15, 0.2) is 12.1 Å². The number of halogens is 1. The Morgan fingerprint density at radius 3 is 1.75 bits per heavy atom. The fourth-order valence-corrected chi connectivity index (χ4v) is 1.68. The topological polar surface area (TPSA) is 9.23 Å². The van der Waals surface area contributed by atoms with Gasteiger partial charge in [-0.15, -0.1) is 0 Å². The molecule has 0 spiro atoms. The van der Waals surface area contributed by atoms with Crippen molar-refractivity contribution in [3.63, 3.8) is 0 Å². The van der Waals surface area contributed by atoms with Crippen LogP contribution >= 0.6 is 0 Å². The Bertz CT molecular complexity index is 174. The van der Waals surface area contributed by atoms with Crippen LogP contribution in [-0.4, -0.2) is 8.32 Å². The van der Waals surface area contributed by atoms with E-state index in [1.165, 1.54) is 0 Å². The minimum atomic E-state index is -1.66. The van der Waals surface area contributed by atoms with Crippen LogP contribution in [0.25, 0.3) is 0 Å². The lowest BCUT2D eigenvalue weighted by molar-refractivity contribution is 0.278. The second-order valence-electron chi connectivity index (χ2n) is 4.94. The van der Waals surface area contributed by atoms with E-state index in [9.17, 15) is 4.39 Å². The molecule has 72 valence electrons. The molecule has 0 N–H and O–H groups in total. The van der Waals surface area contributed by atoms with Gasteiger partial charge >= 0.3 is 0 Å². The van der Waals surface area contributed by atoms with Crippen LogP contribution < -0.4 is 0 Å². The molecule has 0 amide bonds. The molecule has 0 unspecified atom stereocenters.